The lowest BCUT2D eigenvalue weighted by Gasteiger charge is -2.34. The SMILES string of the molecule is Fc1ccccc1CCCN1CCN(c2ncccn2)CC1.O=C(O)C(F)(F)F.O=C(O)C(F)(F)F. The van der Waals surface area contributed by atoms with E-state index in [-0.39, 0.29) is 5.82 Å². The number of carboxylic acid groups (broad SMARTS) is 2. The molecule has 0 unspecified atom stereocenters. The van der Waals surface area contributed by atoms with Crippen molar-refractivity contribution in [1.29, 1.82) is 0 Å². The van der Waals surface area contributed by atoms with Gasteiger partial charge in [0.25, 0.3) is 0 Å². The molecule has 1 saturated heterocycles. The number of nitrogens with zero attached hydrogens (tertiary/aromatic N) is 4. The van der Waals surface area contributed by atoms with Gasteiger partial charge in [0.2, 0.25) is 5.95 Å². The number of anilines is 1. The van der Waals surface area contributed by atoms with E-state index in [2.05, 4.69) is 19.8 Å². The highest BCUT2D eigenvalue weighted by molar-refractivity contribution is 5.73. The average Bonchev–Trinajstić information content (AvgIpc) is 2.81. The van der Waals surface area contributed by atoms with Crippen LogP contribution in [0, 0.1) is 5.82 Å². The van der Waals surface area contributed by atoms with Gasteiger partial charge in [-0.2, -0.15) is 26.3 Å². The summed E-state index contributed by atoms with van der Waals surface area (Å²) in [6, 6.07) is 8.89. The topological polar surface area (TPSA) is 107 Å². The zero-order chi connectivity index (χ0) is 27.4. The summed E-state index contributed by atoms with van der Waals surface area (Å²) < 4.78 is 77.0. The Bertz CT molecular complexity index is 927. The van der Waals surface area contributed by atoms with Gasteiger partial charge in [-0.15, -0.1) is 0 Å². The average molecular weight is 528 g/mol. The van der Waals surface area contributed by atoms with Crippen LogP contribution in [-0.4, -0.2) is 82.1 Å². The smallest absolute Gasteiger partial charge is 0.475 e. The van der Waals surface area contributed by atoms with Crippen molar-refractivity contribution in [2.75, 3.05) is 37.6 Å². The summed E-state index contributed by atoms with van der Waals surface area (Å²) in [6.45, 7) is 4.93. The normalized spacial score (nSPS) is 14.1. The summed E-state index contributed by atoms with van der Waals surface area (Å²) in [5, 5.41) is 14.2. The molecule has 8 nitrogen and oxygen atoms in total. The van der Waals surface area contributed by atoms with Gasteiger partial charge in [-0.05, 0) is 37.1 Å². The van der Waals surface area contributed by atoms with Crippen LogP contribution in [0.5, 0.6) is 0 Å². The molecule has 0 radical (unpaired) electrons. The lowest BCUT2D eigenvalue weighted by atomic mass is 10.1. The maximum Gasteiger partial charge on any atom is 0.490 e. The Morgan fingerprint density at radius 3 is 1.75 bits per heavy atom. The van der Waals surface area contributed by atoms with Crippen LogP contribution in [0.25, 0.3) is 0 Å². The molecule has 36 heavy (non-hydrogen) atoms. The first-order valence-corrected chi connectivity index (χ1v) is 10.3. The van der Waals surface area contributed by atoms with Crippen molar-refractivity contribution < 1.29 is 50.5 Å². The van der Waals surface area contributed by atoms with Crippen molar-refractivity contribution in [2.24, 2.45) is 0 Å². The van der Waals surface area contributed by atoms with E-state index in [1.807, 2.05) is 18.2 Å². The number of carboxylic acids is 2. The van der Waals surface area contributed by atoms with Crippen LogP contribution in [0.2, 0.25) is 0 Å². The minimum Gasteiger partial charge on any atom is -0.475 e. The third-order valence-electron chi connectivity index (χ3n) is 4.57. The number of benzene rings is 1. The lowest BCUT2D eigenvalue weighted by molar-refractivity contribution is -0.193. The number of piperazine rings is 1. The molecule has 2 aromatic rings. The second kappa shape index (κ2) is 14.2. The zero-order valence-electron chi connectivity index (χ0n) is 18.6. The van der Waals surface area contributed by atoms with E-state index in [9.17, 15) is 30.7 Å². The molecule has 0 saturated carbocycles. The molecule has 1 aliphatic rings. The van der Waals surface area contributed by atoms with Crippen molar-refractivity contribution >= 4 is 17.9 Å². The van der Waals surface area contributed by atoms with Gasteiger partial charge in [0.05, 0.1) is 0 Å². The predicted molar refractivity (Wildman–Crippen MR) is 113 cm³/mol. The number of hydrogen-bond donors (Lipinski definition) is 2. The Morgan fingerprint density at radius 2 is 1.31 bits per heavy atom. The maximum absolute atomic E-state index is 13.6. The fraction of sp³-hybridized carbons (Fsp3) is 0.429. The molecule has 0 aliphatic carbocycles. The van der Waals surface area contributed by atoms with Crippen molar-refractivity contribution in [3.05, 3.63) is 54.1 Å². The monoisotopic (exact) mass is 528 g/mol. The van der Waals surface area contributed by atoms with Crippen molar-refractivity contribution in [1.82, 2.24) is 14.9 Å². The minimum atomic E-state index is -5.08. The number of aromatic nitrogens is 2. The van der Waals surface area contributed by atoms with Gasteiger partial charge in [0, 0.05) is 38.6 Å². The lowest BCUT2D eigenvalue weighted by Crippen LogP contribution is -2.47. The molecular weight excluding hydrogens is 505 g/mol. The minimum absolute atomic E-state index is 0.0893. The van der Waals surface area contributed by atoms with E-state index in [0.29, 0.717) is 0 Å². The Kier molecular flexibility index (Phi) is 12.0. The Morgan fingerprint density at radius 1 is 0.833 bits per heavy atom. The zero-order valence-corrected chi connectivity index (χ0v) is 18.6. The third kappa shape index (κ3) is 11.8. The van der Waals surface area contributed by atoms with Crippen molar-refractivity contribution in [3.63, 3.8) is 0 Å². The highest BCUT2D eigenvalue weighted by Gasteiger charge is 2.38. The van der Waals surface area contributed by atoms with Gasteiger partial charge in [-0.25, -0.2) is 23.9 Å². The van der Waals surface area contributed by atoms with Crippen LogP contribution in [0.1, 0.15) is 12.0 Å². The first-order chi connectivity index (χ1) is 16.7. The second-order valence-electron chi connectivity index (χ2n) is 7.18. The Hall–Kier alpha value is -3.49. The number of alkyl halides is 6. The van der Waals surface area contributed by atoms with E-state index >= 15 is 0 Å². The molecule has 2 heterocycles. The predicted octanol–water partition coefficient (Wildman–Crippen LogP) is 3.64. The fourth-order valence-electron chi connectivity index (χ4n) is 2.82. The molecule has 0 bridgehead atoms. The van der Waals surface area contributed by atoms with E-state index in [4.69, 9.17) is 19.8 Å². The van der Waals surface area contributed by atoms with Gasteiger partial charge in [-0.3, -0.25) is 4.90 Å². The van der Waals surface area contributed by atoms with Crippen LogP contribution in [0.4, 0.5) is 36.7 Å². The quantitative estimate of drug-likeness (QED) is 0.567. The summed E-state index contributed by atoms with van der Waals surface area (Å²) in [5.74, 6) is -4.79. The van der Waals surface area contributed by atoms with Crippen molar-refractivity contribution in [3.8, 4) is 0 Å². The maximum atomic E-state index is 13.6. The van der Waals surface area contributed by atoms with E-state index in [1.54, 1.807) is 18.5 Å². The number of aryl methyl sites for hydroxylation is 1. The largest absolute Gasteiger partial charge is 0.490 e. The van der Waals surface area contributed by atoms with Crippen LogP contribution < -0.4 is 4.90 Å². The van der Waals surface area contributed by atoms with Crippen LogP contribution in [0.15, 0.2) is 42.7 Å². The van der Waals surface area contributed by atoms with Crippen LogP contribution >= 0.6 is 0 Å². The third-order valence-corrected chi connectivity index (χ3v) is 4.57. The molecular formula is C21H23F7N4O4. The van der Waals surface area contributed by atoms with E-state index in [1.165, 1.54) is 6.07 Å². The molecule has 3 rings (SSSR count). The van der Waals surface area contributed by atoms with Crippen molar-refractivity contribution in [2.45, 2.75) is 25.2 Å². The Balaban J connectivity index is 0.000000383. The van der Waals surface area contributed by atoms with Crippen LogP contribution in [-0.2, 0) is 16.0 Å². The van der Waals surface area contributed by atoms with Gasteiger partial charge >= 0.3 is 24.3 Å². The summed E-state index contributed by atoms with van der Waals surface area (Å²) >= 11 is 0. The van der Waals surface area contributed by atoms with Gasteiger partial charge < -0.3 is 15.1 Å². The molecule has 0 amide bonds. The summed E-state index contributed by atoms with van der Waals surface area (Å²) in [6.07, 6.45) is -4.82. The molecule has 200 valence electrons. The number of rotatable bonds is 5. The van der Waals surface area contributed by atoms with Gasteiger partial charge in [0.1, 0.15) is 5.82 Å². The second-order valence-corrected chi connectivity index (χ2v) is 7.18. The molecule has 2 N–H and O–H groups in total. The molecule has 0 spiro atoms. The van der Waals surface area contributed by atoms with Crippen LogP contribution in [0.3, 0.4) is 0 Å². The van der Waals surface area contributed by atoms with E-state index in [0.717, 1.165) is 57.1 Å². The number of carbonyl (C=O) groups is 2. The van der Waals surface area contributed by atoms with Gasteiger partial charge in [0.15, 0.2) is 0 Å². The molecule has 15 heteroatoms. The first-order valence-electron chi connectivity index (χ1n) is 10.3. The molecule has 1 aromatic heterocycles. The number of hydrogen-bond acceptors (Lipinski definition) is 6. The first kappa shape index (κ1) is 30.5. The fourth-order valence-corrected chi connectivity index (χ4v) is 2.82. The Labute approximate surface area is 201 Å². The summed E-state index contributed by atoms with van der Waals surface area (Å²) in [4.78, 5) is 31.0. The van der Waals surface area contributed by atoms with Gasteiger partial charge in [-0.1, -0.05) is 18.2 Å². The highest BCUT2D eigenvalue weighted by Crippen LogP contribution is 2.14. The summed E-state index contributed by atoms with van der Waals surface area (Å²) in [5.41, 5.74) is 0.818. The molecule has 1 fully saturated rings. The summed E-state index contributed by atoms with van der Waals surface area (Å²) in [7, 11) is 0. The highest BCUT2D eigenvalue weighted by atomic mass is 19.4. The standard InChI is InChI=1S/C17H21FN4.2C2HF3O2/c18-16-7-2-1-5-15(16)6-3-10-21-11-13-22(14-12-21)17-19-8-4-9-20-17;2*3-2(4,5)1(6)7/h1-2,4-5,7-9H,3,6,10-14H2;2*(H,6,7). The molecule has 1 aliphatic heterocycles. The number of aliphatic carboxylic acids is 2. The van der Waals surface area contributed by atoms with E-state index < -0.39 is 24.3 Å². The molecule has 1 aromatic carbocycles. The number of halogens is 7. The molecule has 0 atom stereocenters.